The Bertz CT molecular complexity index is 484. The van der Waals surface area contributed by atoms with Gasteiger partial charge >= 0.3 is 0 Å². The maximum atomic E-state index is 11.8. The minimum Gasteiger partial charge on any atom is -0.468 e. The van der Waals surface area contributed by atoms with E-state index in [4.69, 9.17) is 10.6 Å². The van der Waals surface area contributed by atoms with Crippen LogP contribution in [-0.4, -0.2) is 22.6 Å². The van der Waals surface area contributed by atoms with Gasteiger partial charge < -0.3 is 4.74 Å². The minimum atomic E-state index is -0.174. The summed E-state index contributed by atoms with van der Waals surface area (Å²) >= 11 is 0. The van der Waals surface area contributed by atoms with Crippen molar-refractivity contribution >= 4 is 5.91 Å². The van der Waals surface area contributed by atoms with E-state index in [9.17, 15) is 9.59 Å². The number of hydrogen-bond donors (Lipinski definition) is 2. The van der Waals surface area contributed by atoms with Crippen LogP contribution in [-0.2, 0) is 11.3 Å². The fourth-order valence-electron chi connectivity index (χ4n) is 1.76. The summed E-state index contributed by atoms with van der Waals surface area (Å²) in [6, 6.07) is 1.80. The van der Waals surface area contributed by atoms with Gasteiger partial charge in [0.1, 0.15) is 0 Å². The molecule has 0 aliphatic carbocycles. The summed E-state index contributed by atoms with van der Waals surface area (Å²) < 4.78 is 6.59. The summed E-state index contributed by atoms with van der Waals surface area (Å²) in [4.78, 5) is 26.9. The van der Waals surface area contributed by atoms with E-state index in [0.717, 1.165) is 19.3 Å². The predicted molar refractivity (Wildman–Crippen MR) is 70.6 cm³/mol. The molecule has 0 saturated carbocycles. The van der Waals surface area contributed by atoms with Crippen LogP contribution in [0.5, 0.6) is 6.01 Å². The summed E-state index contributed by atoms with van der Waals surface area (Å²) in [6.45, 7) is 2.28. The molecule has 0 aliphatic rings. The number of hydrazine groups is 1. The van der Waals surface area contributed by atoms with Gasteiger partial charge in [0.05, 0.1) is 7.11 Å². The van der Waals surface area contributed by atoms with E-state index < -0.39 is 0 Å². The third-order valence-electron chi connectivity index (χ3n) is 2.73. The number of nitrogens with zero attached hydrogens (tertiary/aromatic N) is 2. The highest BCUT2D eigenvalue weighted by molar-refractivity contribution is 5.74. The molecule has 1 rings (SSSR count). The lowest BCUT2D eigenvalue weighted by Crippen LogP contribution is -2.29. The Morgan fingerprint density at radius 2 is 2.21 bits per heavy atom. The summed E-state index contributed by atoms with van der Waals surface area (Å²) in [5, 5.41) is 0. The molecule has 0 bridgehead atoms. The molecule has 1 amide bonds. The minimum absolute atomic E-state index is 0.121. The number of carbonyl (C=O) groups excluding carboxylic acids is 1. The van der Waals surface area contributed by atoms with Crippen molar-refractivity contribution in [2.45, 2.75) is 39.2 Å². The van der Waals surface area contributed by atoms with Crippen molar-refractivity contribution in [1.29, 1.82) is 0 Å². The van der Waals surface area contributed by atoms with Crippen molar-refractivity contribution in [2.75, 3.05) is 7.11 Å². The molecule has 0 aromatic carbocycles. The van der Waals surface area contributed by atoms with Gasteiger partial charge in [0.15, 0.2) is 0 Å². The molecule has 7 heteroatoms. The van der Waals surface area contributed by atoms with E-state index in [1.165, 1.54) is 17.7 Å². The van der Waals surface area contributed by atoms with Crippen molar-refractivity contribution in [3.8, 4) is 6.01 Å². The normalized spacial score (nSPS) is 10.3. The highest BCUT2D eigenvalue weighted by Gasteiger charge is 2.07. The zero-order chi connectivity index (χ0) is 14.3. The van der Waals surface area contributed by atoms with E-state index in [-0.39, 0.29) is 11.5 Å². The van der Waals surface area contributed by atoms with E-state index in [2.05, 4.69) is 10.4 Å². The first-order valence-corrected chi connectivity index (χ1v) is 6.20. The lowest BCUT2D eigenvalue weighted by molar-refractivity contribution is -0.121. The topological polar surface area (TPSA) is 99.2 Å². The Labute approximate surface area is 111 Å². The van der Waals surface area contributed by atoms with Crippen molar-refractivity contribution in [2.24, 2.45) is 5.84 Å². The fraction of sp³-hybridized carbons (Fsp3) is 0.583. The number of carbonyl (C=O) groups is 1. The maximum Gasteiger partial charge on any atom is 0.299 e. The van der Waals surface area contributed by atoms with Crippen LogP contribution in [0, 0.1) is 6.92 Å². The van der Waals surface area contributed by atoms with E-state index >= 15 is 0 Å². The first-order valence-electron chi connectivity index (χ1n) is 6.20. The van der Waals surface area contributed by atoms with Crippen LogP contribution in [0.3, 0.4) is 0 Å². The molecule has 1 heterocycles. The maximum absolute atomic E-state index is 11.8. The molecule has 0 aliphatic heterocycles. The molecule has 1 aromatic rings. The highest BCUT2D eigenvalue weighted by atomic mass is 16.5. The largest absolute Gasteiger partial charge is 0.468 e. The third-order valence-corrected chi connectivity index (χ3v) is 2.73. The van der Waals surface area contributed by atoms with Crippen molar-refractivity contribution in [3.05, 3.63) is 22.1 Å². The van der Waals surface area contributed by atoms with Gasteiger partial charge in [-0.3, -0.25) is 19.6 Å². The van der Waals surface area contributed by atoms with Crippen molar-refractivity contribution in [1.82, 2.24) is 15.0 Å². The van der Waals surface area contributed by atoms with Gasteiger partial charge in [-0.2, -0.15) is 0 Å². The summed E-state index contributed by atoms with van der Waals surface area (Å²) in [5.41, 5.74) is 2.60. The lowest BCUT2D eigenvalue weighted by atomic mass is 10.2. The number of aryl methyl sites for hydroxylation is 1. The molecule has 0 fully saturated rings. The predicted octanol–water partition coefficient (Wildman–Crippen LogP) is 0.111. The number of hydrogen-bond acceptors (Lipinski definition) is 5. The van der Waals surface area contributed by atoms with Crippen LogP contribution in [0.2, 0.25) is 0 Å². The molecular formula is C12H20N4O3. The molecule has 0 saturated heterocycles. The monoisotopic (exact) mass is 268 g/mol. The first kappa shape index (κ1) is 15.2. The molecule has 19 heavy (non-hydrogen) atoms. The molecule has 7 nitrogen and oxygen atoms in total. The van der Waals surface area contributed by atoms with Crippen LogP contribution >= 0.6 is 0 Å². The first-order chi connectivity index (χ1) is 9.08. The number of amides is 1. The molecule has 0 atom stereocenters. The third kappa shape index (κ3) is 4.70. The Kier molecular flexibility index (Phi) is 6.01. The van der Waals surface area contributed by atoms with Gasteiger partial charge in [-0.1, -0.05) is 6.42 Å². The molecule has 3 N–H and O–H groups in total. The van der Waals surface area contributed by atoms with E-state index in [1.54, 1.807) is 6.92 Å². The number of aromatic nitrogens is 2. The van der Waals surface area contributed by atoms with E-state index in [0.29, 0.717) is 24.7 Å². The second-order valence-corrected chi connectivity index (χ2v) is 4.25. The Morgan fingerprint density at radius 3 is 2.84 bits per heavy atom. The SMILES string of the molecule is COc1nc(C)cc(=O)n1CCCCCC(=O)NN. The summed E-state index contributed by atoms with van der Waals surface area (Å²) in [6.07, 6.45) is 2.74. The zero-order valence-corrected chi connectivity index (χ0v) is 11.3. The quantitative estimate of drug-likeness (QED) is 0.316. The van der Waals surface area contributed by atoms with Crippen LogP contribution in [0.4, 0.5) is 0 Å². The van der Waals surface area contributed by atoms with Crippen molar-refractivity contribution < 1.29 is 9.53 Å². The number of ether oxygens (including phenoxy) is 1. The average molecular weight is 268 g/mol. The number of nitrogens with two attached hydrogens (primary N) is 1. The van der Waals surface area contributed by atoms with E-state index in [1.807, 2.05) is 0 Å². The Balaban J connectivity index is 2.49. The van der Waals surface area contributed by atoms with Gasteiger partial charge in [-0.15, -0.1) is 0 Å². The average Bonchev–Trinajstić information content (AvgIpc) is 2.39. The van der Waals surface area contributed by atoms with Gasteiger partial charge in [0, 0.05) is 24.7 Å². The second kappa shape index (κ2) is 7.52. The molecule has 0 unspecified atom stereocenters. The van der Waals surface area contributed by atoms with Gasteiger partial charge in [0.25, 0.3) is 11.6 Å². The zero-order valence-electron chi connectivity index (χ0n) is 11.3. The molecular weight excluding hydrogens is 248 g/mol. The second-order valence-electron chi connectivity index (χ2n) is 4.25. The van der Waals surface area contributed by atoms with Gasteiger partial charge in [-0.05, 0) is 19.8 Å². The highest BCUT2D eigenvalue weighted by Crippen LogP contribution is 2.07. The molecule has 0 spiro atoms. The Hall–Kier alpha value is -1.89. The smallest absolute Gasteiger partial charge is 0.299 e. The number of rotatable bonds is 7. The van der Waals surface area contributed by atoms with Crippen LogP contribution in [0.25, 0.3) is 0 Å². The number of nitrogens with one attached hydrogen (secondary N) is 1. The van der Waals surface area contributed by atoms with Crippen molar-refractivity contribution in [3.63, 3.8) is 0 Å². The molecule has 0 radical (unpaired) electrons. The van der Waals surface area contributed by atoms with Gasteiger partial charge in [-0.25, -0.2) is 10.8 Å². The van der Waals surface area contributed by atoms with Gasteiger partial charge in [0.2, 0.25) is 5.91 Å². The van der Waals surface area contributed by atoms with Crippen LogP contribution < -0.4 is 21.6 Å². The number of unbranched alkanes of at least 4 members (excludes halogenated alkanes) is 2. The molecule has 106 valence electrons. The lowest BCUT2D eigenvalue weighted by Gasteiger charge is -2.10. The van der Waals surface area contributed by atoms with Crippen LogP contribution in [0.1, 0.15) is 31.4 Å². The Morgan fingerprint density at radius 1 is 1.47 bits per heavy atom. The molecule has 1 aromatic heterocycles. The van der Waals surface area contributed by atoms with Crippen LogP contribution in [0.15, 0.2) is 10.9 Å². The summed E-state index contributed by atoms with van der Waals surface area (Å²) in [5.74, 6) is 4.81. The number of methoxy groups -OCH3 is 1. The summed E-state index contributed by atoms with van der Waals surface area (Å²) in [7, 11) is 1.49. The fourth-order valence-corrected chi connectivity index (χ4v) is 1.76. The standard InChI is InChI=1S/C12H20N4O3/c1-9-8-11(18)16(12(14-9)19-2)7-5-3-4-6-10(17)15-13/h8H,3-7,13H2,1-2H3,(H,15,17).